The van der Waals surface area contributed by atoms with Crippen LogP contribution in [0.2, 0.25) is 5.02 Å². The van der Waals surface area contributed by atoms with Crippen molar-refractivity contribution >= 4 is 33.3 Å². The van der Waals surface area contributed by atoms with Gasteiger partial charge in [-0.05, 0) is 24.1 Å². The van der Waals surface area contributed by atoms with E-state index in [9.17, 15) is 13.2 Å². The number of carbonyl (C=O) groups is 1. The highest BCUT2D eigenvalue weighted by Gasteiger charge is 2.35. The Bertz CT molecular complexity index is 599. The van der Waals surface area contributed by atoms with Crippen LogP contribution in [0.1, 0.15) is 17.3 Å². The van der Waals surface area contributed by atoms with Crippen molar-refractivity contribution in [3.05, 3.63) is 28.8 Å². The van der Waals surface area contributed by atoms with Crippen molar-refractivity contribution in [3.63, 3.8) is 0 Å². The second-order valence-electron chi connectivity index (χ2n) is 4.38. The standard InChI is InChI=1S/C11H12ClNO4S/c1-7-5-13(18(16,17)6-7)10-3-2-8(12)4-9(10)11(14)15/h2-4,7H,5-6H2,1H3,(H,14,15). The summed E-state index contributed by atoms with van der Waals surface area (Å²) < 4.78 is 25.0. The fourth-order valence-electron chi connectivity index (χ4n) is 2.04. The van der Waals surface area contributed by atoms with Crippen LogP contribution in [0, 0.1) is 5.92 Å². The highest BCUT2D eigenvalue weighted by atomic mass is 35.5. The van der Waals surface area contributed by atoms with Gasteiger partial charge in [-0.25, -0.2) is 13.2 Å². The molecule has 1 saturated heterocycles. The molecular weight excluding hydrogens is 278 g/mol. The Morgan fingerprint density at radius 3 is 2.67 bits per heavy atom. The van der Waals surface area contributed by atoms with Gasteiger partial charge >= 0.3 is 5.97 Å². The van der Waals surface area contributed by atoms with Crippen molar-refractivity contribution in [2.75, 3.05) is 16.6 Å². The topological polar surface area (TPSA) is 74.7 Å². The van der Waals surface area contributed by atoms with Gasteiger partial charge in [-0.15, -0.1) is 0 Å². The van der Waals surface area contributed by atoms with Crippen LogP contribution in [0.4, 0.5) is 5.69 Å². The number of carboxylic acid groups (broad SMARTS) is 1. The average molecular weight is 290 g/mol. The van der Waals surface area contributed by atoms with E-state index in [0.29, 0.717) is 6.54 Å². The summed E-state index contributed by atoms with van der Waals surface area (Å²) in [6, 6.07) is 4.18. The molecule has 1 aliphatic rings. The van der Waals surface area contributed by atoms with Crippen molar-refractivity contribution in [2.45, 2.75) is 6.92 Å². The Morgan fingerprint density at radius 1 is 1.50 bits per heavy atom. The molecule has 2 rings (SSSR count). The zero-order valence-corrected chi connectivity index (χ0v) is 11.2. The van der Waals surface area contributed by atoms with Gasteiger partial charge in [-0.3, -0.25) is 4.31 Å². The highest BCUT2D eigenvalue weighted by molar-refractivity contribution is 7.93. The number of hydrogen-bond donors (Lipinski definition) is 1. The van der Waals surface area contributed by atoms with E-state index >= 15 is 0 Å². The zero-order valence-electron chi connectivity index (χ0n) is 9.63. The molecule has 0 spiro atoms. The van der Waals surface area contributed by atoms with Crippen LogP contribution in [-0.4, -0.2) is 31.8 Å². The number of aromatic carboxylic acids is 1. The maximum Gasteiger partial charge on any atom is 0.337 e. The lowest BCUT2D eigenvalue weighted by Crippen LogP contribution is -2.27. The average Bonchev–Trinajstić information content (AvgIpc) is 2.51. The van der Waals surface area contributed by atoms with E-state index in [4.69, 9.17) is 16.7 Å². The maximum atomic E-state index is 11.9. The number of benzene rings is 1. The molecule has 18 heavy (non-hydrogen) atoms. The fraction of sp³-hybridized carbons (Fsp3) is 0.364. The van der Waals surface area contributed by atoms with Crippen molar-refractivity contribution in [2.24, 2.45) is 5.92 Å². The van der Waals surface area contributed by atoms with Crippen LogP contribution >= 0.6 is 11.6 Å². The van der Waals surface area contributed by atoms with Crippen LogP contribution in [0.25, 0.3) is 0 Å². The molecule has 1 unspecified atom stereocenters. The molecular formula is C11H12ClNO4S. The highest BCUT2D eigenvalue weighted by Crippen LogP contribution is 2.31. The van der Waals surface area contributed by atoms with E-state index in [1.807, 2.05) is 6.92 Å². The number of rotatable bonds is 2. The summed E-state index contributed by atoms with van der Waals surface area (Å²) in [5.74, 6) is -1.18. The smallest absolute Gasteiger partial charge is 0.337 e. The largest absolute Gasteiger partial charge is 0.478 e. The van der Waals surface area contributed by atoms with E-state index in [0.717, 1.165) is 4.31 Å². The van der Waals surface area contributed by atoms with Crippen molar-refractivity contribution < 1.29 is 18.3 Å². The first-order valence-electron chi connectivity index (χ1n) is 5.34. The molecule has 1 atom stereocenters. The molecule has 1 aliphatic heterocycles. The summed E-state index contributed by atoms with van der Waals surface area (Å²) in [5.41, 5.74) is 0.0800. The molecule has 1 fully saturated rings. The molecule has 0 saturated carbocycles. The predicted octanol–water partition coefficient (Wildman–Crippen LogP) is 1.82. The van der Waals surface area contributed by atoms with E-state index in [1.165, 1.54) is 18.2 Å². The SMILES string of the molecule is CC1CN(c2ccc(Cl)cc2C(=O)O)S(=O)(=O)C1. The van der Waals surface area contributed by atoms with Crippen LogP contribution in [-0.2, 0) is 10.0 Å². The van der Waals surface area contributed by atoms with Crippen molar-refractivity contribution in [1.29, 1.82) is 0 Å². The van der Waals surface area contributed by atoms with E-state index < -0.39 is 16.0 Å². The van der Waals surface area contributed by atoms with E-state index in [2.05, 4.69) is 0 Å². The third-order valence-corrected chi connectivity index (χ3v) is 5.01. The molecule has 0 aliphatic carbocycles. The first kappa shape index (κ1) is 13.2. The minimum absolute atomic E-state index is 0.0210. The second-order valence-corrected chi connectivity index (χ2v) is 6.76. The van der Waals surface area contributed by atoms with Crippen LogP contribution in [0.5, 0.6) is 0 Å². The summed E-state index contributed by atoms with van der Waals surface area (Å²) in [7, 11) is -3.43. The summed E-state index contributed by atoms with van der Waals surface area (Å²) in [5, 5.41) is 9.37. The van der Waals surface area contributed by atoms with Crippen molar-refractivity contribution in [3.8, 4) is 0 Å². The summed E-state index contributed by atoms with van der Waals surface area (Å²) in [6.07, 6.45) is 0. The molecule has 1 aromatic carbocycles. The molecule has 1 aromatic rings. The van der Waals surface area contributed by atoms with Gasteiger partial charge in [0.2, 0.25) is 10.0 Å². The molecule has 7 heteroatoms. The van der Waals surface area contributed by atoms with Crippen LogP contribution in [0.3, 0.4) is 0 Å². The third kappa shape index (κ3) is 2.30. The fourth-order valence-corrected chi connectivity index (χ4v) is 4.16. The molecule has 0 aromatic heterocycles. The van der Waals surface area contributed by atoms with Crippen LogP contribution < -0.4 is 4.31 Å². The van der Waals surface area contributed by atoms with Gasteiger partial charge in [-0.1, -0.05) is 18.5 Å². The number of carboxylic acids is 1. The minimum atomic E-state index is -3.43. The molecule has 0 radical (unpaired) electrons. The van der Waals surface area contributed by atoms with Gasteiger partial charge in [0.1, 0.15) is 0 Å². The molecule has 5 nitrogen and oxygen atoms in total. The summed E-state index contributed by atoms with van der Waals surface area (Å²) in [4.78, 5) is 11.1. The van der Waals surface area contributed by atoms with Gasteiger partial charge in [0.25, 0.3) is 0 Å². The monoisotopic (exact) mass is 289 g/mol. The zero-order chi connectivity index (χ0) is 13.5. The Kier molecular flexibility index (Phi) is 3.25. The minimum Gasteiger partial charge on any atom is -0.478 e. The Balaban J connectivity index is 2.55. The number of nitrogens with zero attached hydrogens (tertiary/aromatic N) is 1. The normalized spacial score (nSPS) is 22.1. The Morgan fingerprint density at radius 2 is 2.17 bits per heavy atom. The molecule has 1 N–H and O–H groups in total. The number of halogens is 1. The lowest BCUT2D eigenvalue weighted by molar-refractivity contribution is 0.0697. The van der Waals surface area contributed by atoms with E-state index in [1.54, 1.807) is 0 Å². The third-order valence-electron chi connectivity index (χ3n) is 2.77. The number of sulfonamides is 1. The van der Waals surface area contributed by atoms with Gasteiger partial charge in [0.05, 0.1) is 17.0 Å². The van der Waals surface area contributed by atoms with E-state index in [-0.39, 0.29) is 27.9 Å². The first-order valence-corrected chi connectivity index (χ1v) is 7.33. The maximum absolute atomic E-state index is 11.9. The number of hydrogen-bond acceptors (Lipinski definition) is 3. The summed E-state index contributed by atoms with van der Waals surface area (Å²) >= 11 is 5.74. The van der Waals surface area contributed by atoms with Gasteiger partial charge in [-0.2, -0.15) is 0 Å². The molecule has 0 amide bonds. The van der Waals surface area contributed by atoms with Gasteiger partial charge < -0.3 is 5.11 Å². The Hall–Kier alpha value is -1.27. The Labute approximate surface area is 110 Å². The second kappa shape index (κ2) is 4.44. The molecule has 98 valence electrons. The molecule has 0 bridgehead atoms. The lowest BCUT2D eigenvalue weighted by Gasteiger charge is -2.19. The predicted molar refractivity (Wildman–Crippen MR) is 68.7 cm³/mol. The number of anilines is 1. The van der Waals surface area contributed by atoms with Gasteiger partial charge in [0, 0.05) is 11.6 Å². The van der Waals surface area contributed by atoms with Gasteiger partial charge in [0.15, 0.2) is 0 Å². The van der Waals surface area contributed by atoms with Crippen LogP contribution in [0.15, 0.2) is 18.2 Å². The first-order chi connectivity index (χ1) is 8.31. The molecule has 1 heterocycles. The lowest BCUT2D eigenvalue weighted by atomic mass is 10.1. The van der Waals surface area contributed by atoms with Crippen molar-refractivity contribution in [1.82, 2.24) is 0 Å². The summed E-state index contributed by atoms with van der Waals surface area (Å²) in [6.45, 7) is 2.11. The quantitative estimate of drug-likeness (QED) is 0.901.